The van der Waals surface area contributed by atoms with Crippen LogP contribution in [0.5, 0.6) is 0 Å². The number of hydrogen-bond acceptors (Lipinski definition) is 3. The van der Waals surface area contributed by atoms with Gasteiger partial charge >= 0.3 is 11.9 Å². The molecule has 0 aromatic rings. The van der Waals surface area contributed by atoms with Crippen LogP contribution in [0.2, 0.25) is 0 Å². The fourth-order valence-corrected chi connectivity index (χ4v) is 5.89. The average molecular weight is 607 g/mol. The summed E-state index contributed by atoms with van der Waals surface area (Å²) in [6.07, 6.45) is 42.3. The molecule has 0 aliphatic rings. The maximum atomic E-state index is 12.5. The molecular weight excluding hydrogens is 532 g/mol. The van der Waals surface area contributed by atoms with E-state index >= 15 is 0 Å². The Labute approximate surface area is 268 Å². The first-order chi connectivity index (χ1) is 21.1. The van der Waals surface area contributed by atoms with Crippen molar-refractivity contribution in [2.75, 3.05) is 0 Å². The molecule has 0 aromatic heterocycles. The molecule has 0 radical (unpaired) electrons. The largest absolute Gasteiger partial charge is 0.481 e. The van der Waals surface area contributed by atoms with Gasteiger partial charge in [-0.25, -0.2) is 0 Å². The Morgan fingerprint density at radius 2 is 0.860 bits per heavy atom. The maximum absolute atomic E-state index is 12.5. The lowest BCUT2D eigenvalue weighted by atomic mass is 10.0. The smallest absolute Gasteiger partial charge is 0.306 e. The third-order valence-electron chi connectivity index (χ3n) is 8.74. The lowest BCUT2D eigenvalue weighted by Gasteiger charge is -2.18. The molecule has 0 aromatic carbocycles. The molecule has 0 amide bonds. The standard InChI is InChI=1S/C39H74O4/c1-3-5-7-9-11-13-15-16-17-18-19-20-21-22-23-25-27-29-31-36-39(42)43-37(34-32-35-38(40)41)33-30-28-26-24-14-12-10-8-6-4-2/h16-17,37H,3-15,18-36H2,1-2H3,(H,40,41)/b17-16-. The summed E-state index contributed by atoms with van der Waals surface area (Å²) in [4.78, 5) is 23.4. The van der Waals surface area contributed by atoms with Crippen molar-refractivity contribution in [1.82, 2.24) is 0 Å². The Hall–Kier alpha value is -1.32. The molecule has 0 rings (SSSR count). The van der Waals surface area contributed by atoms with E-state index in [0.717, 1.165) is 25.7 Å². The number of allylic oxidation sites excluding steroid dienone is 2. The first kappa shape index (κ1) is 41.7. The zero-order chi connectivity index (χ0) is 31.5. The van der Waals surface area contributed by atoms with Crippen molar-refractivity contribution in [1.29, 1.82) is 0 Å². The normalized spacial score (nSPS) is 12.2. The molecule has 4 heteroatoms. The molecule has 254 valence electrons. The van der Waals surface area contributed by atoms with Crippen LogP contribution in [0.1, 0.15) is 219 Å². The Morgan fingerprint density at radius 3 is 1.30 bits per heavy atom. The van der Waals surface area contributed by atoms with Gasteiger partial charge in [0.05, 0.1) is 0 Å². The van der Waals surface area contributed by atoms with E-state index in [1.165, 1.54) is 154 Å². The molecule has 0 spiro atoms. The van der Waals surface area contributed by atoms with Crippen LogP contribution >= 0.6 is 0 Å². The second kappa shape index (κ2) is 35.2. The van der Waals surface area contributed by atoms with Gasteiger partial charge in [0.2, 0.25) is 0 Å². The molecule has 0 aliphatic heterocycles. The van der Waals surface area contributed by atoms with Gasteiger partial charge in [0.15, 0.2) is 0 Å². The molecule has 0 saturated carbocycles. The van der Waals surface area contributed by atoms with E-state index in [4.69, 9.17) is 9.84 Å². The lowest BCUT2D eigenvalue weighted by molar-refractivity contribution is -0.150. The summed E-state index contributed by atoms with van der Waals surface area (Å²) < 4.78 is 5.82. The zero-order valence-corrected chi connectivity index (χ0v) is 29.0. The number of carboxylic acids is 1. The molecule has 0 aliphatic carbocycles. The monoisotopic (exact) mass is 607 g/mol. The van der Waals surface area contributed by atoms with Gasteiger partial charge in [-0.1, -0.05) is 161 Å². The molecule has 1 N–H and O–H groups in total. The summed E-state index contributed by atoms with van der Waals surface area (Å²) in [6.45, 7) is 4.53. The van der Waals surface area contributed by atoms with Crippen molar-refractivity contribution in [3.05, 3.63) is 12.2 Å². The van der Waals surface area contributed by atoms with Crippen molar-refractivity contribution in [2.45, 2.75) is 225 Å². The van der Waals surface area contributed by atoms with Crippen LogP contribution in [0, 0.1) is 0 Å². The molecule has 1 atom stereocenters. The summed E-state index contributed by atoms with van der Waals surface area (Å²) >= 11 is 0. The molecule has 4 nitrogen and oxygen atoms in total. The highest BCUT2D eigenvalue weighted by Gasteiger charge is 2.15. The molecule has 0 bridgehead atoms. The number of unbranched alkanes of at least 4 members (excludes halogenated alkanes) is 24. The first-order valence-electron chi connectivity index (χ1n) is 19.2. The fourth-order valence-electron chi connectivity index (χ4n) is 5.89. The Kier molecular flexibility index (Phi) is 34.1. The summed E-state index contributed by atoms with van der Waals surface area (Å²) in [6, 6.07) is 0. The number of rotatable bonds is 35. The van der Waals surface area contributed by atoms with E-state index in [1.807, 2.05) is 0 Å². The Balaban J connectivity index is 3.73. The predicted molar refractivity (Wildman–Crippen MR) is 186 cm³/mol. The number of esters is 1. The van der Waals surface area contributed by atoms with E-state index in [1.54, 1.807) is 0 Å². The SMILES string of the molecule is CCCCCCCC/C=C\CCCCCCCCCCCC(=O)OC(CCCCCCCCCCCC)CCCC(=O)O. The van der Waals surface area contributed by atoms with E-state index in [9.17, 15) is 9.59 Å². The van der Waals surface area contributed by atoms with E-state index in [-0.39, 0.29) is 18.5 Å². The predicted octanol–water partition coefficient (Wildman–Crippen LogP) is 13.1. The van der Waals surface area contributed by atoms with Crippen LogP contribution in [0.4, 0.5) is 0 Å². The van der Waals surface area contributed by atoms with E-state index < -0.39 is 5.97 Å². The van der Waals surface area contributed by atoms with Crippen LogP contribution in [0.15, 0.2) is 12.2 Å². The first-order valence-corrected chi connectivity index (χ1v) is 19.2. The highest BCUT2D eigenvalue weighted by atomic mass is 16.5. The van der Waals surface area contributed by atoms with Crippen LogP contribution in [-0.4, -0.2) is 23.1 Å². The van der Waals surface area contributed by atoms with Crippen LogP contribution < -0.4 is 0 Å². The van der Waals surface area contributed by atoms with Gasteiger partial charge in [0.25, 0.3) is 0 Å². The van der Waals surface area contributed by atoms with Crippen molar-refractivity contribution in [3.63, 3.8) is 0 Å². The number of hydrogen-bond donors (Lipinski definition) is 1. The van der Waals surface area contributed by atoms with Gasteiger partial charge in [-0.15, -0.1) is 0 Å². The summed E-state index contributed by atoms with van der Waals surface area (Å²) in [5, 5.41) is 8.99. The topological polar surface area (TPSA) is 63.6 Å². The quantitative estimate of drug-likeness (QED) is 0.0443. The van der Waals surface area contributed by atoms with Crippen LogP contribution in [0.25, 0.3) is 0 Å². The third kappa shape index (κ3) is 35.0. The maximum Gasteiger partial charge on any atom is 0.306 e. The Morgan fingerprint density at radius 1 is 0.488 bits per heavy atom. The summed E-state index contributed by atoms with van der Waals surface area (Å²) in [5.74, 6) is -0.858. The zero-order valence-electron chi connectivity index (χ0n) is 29.0. The number of carbonyl (C=O) groups excluding carboxylic acids is 1. The van der Waals surface area contributed by atoms with Crippen LogP contribution in [0.3, 0.4) is 0 Å². The van der Waals surface area contributed by atoms with Crippen LogP contribution in [-0.2, 0) is 14.3 Å². The molecular formula is C39H74O4. The van der Waals surface area contributed by atoms with E-state index in [0.29, 0.717) is 19.3 Å². The van der Waals surface area contributed by atoms with Gasteiger partial charge in [-0.2, -0.15) is 0 Å². The minimum absolute atomic E-state index is 0.0894. The van der Waals surface area contributed by atoms with Gasteiger partial charge in [-0.3, -0.25) is 9.59 Å². The minimum atomic E-state index is -0.768. The van der Waals surface area contributed by atoms with Crippen molar-refractivity contribution in [2.24, 2.45) is 0 Å². The molecule has 0 saturated heterocycles. The highest BCUT2D eigenvalue weighted by molar-refractivity contribution is 5.69. The van der Waals surface area contributed by atoms with Crippen molar-refractivity contribution in [3.8, 4) is 0 Å². The van der Waals surface area contributed by atoms with Gasteiger partial charge in [0, 0.05) is 12.8 Å². The summed E-state index contributed by atoms with van der Waals surface area (Å²) in [7, 11) is 0. The average Bonchev–Trinajstić information content (AvgIpc) is 2.99. The van der Waals surface area contributed by atoms with Crippen molar-refractivity contribution < 1.29 is 19.4 Å². The third-order valence-corrected chi connectivity index (χ3v) is 8.74. The van der Waals surface area contributed by atoms with Gasteiger partial charge < -0.3 is 9.84 Å². The molecule has 43 heavy (non-hydrogen) atoms. The Bertz CT molecular complexity index is 614. The minimum Gasteiger partial charge on any atom is -0.481 e. The second-order valence-electron chi connectivity index (χ2n) is 13.1. The number of carboxylic acid groups (broad SMARTS) is 1. The lowest BCUT2D eigenvalue weighted by Crippen LogP contribution is -2.18. The highest BCUT2D eigenvalue weighted by Crippen LogP contribution is 2.18. The second-order valence-corrected chi connectivity index (χ2v) is 13.1. The number of carbonyl (C=O) groups is 2. The fraction of sp³-hybridized carbons (Fsp3) is 0.897. The number of aliphatic carboxylic acids is 1. The van der Waals surface area contributed by atoms with Gasteiger partial charge in [0.1, 0.15) is 6.10 Å². The molecule has 0 fully saturated rings. The summed E-state index contributed by atoms with van der Waals surface area (Å²) in [5.41, 5.74) is 0. The van der Waals surface area contributed by atoms with E-state index in [2.05, 4.69) is 26.0 Å². The molecule has 1 unspecified atom stereocenters. The van der Waals surface area contributed by atoms with Gasteiger partial charge in [-0.05, 0) is 57.8 Å². The number of ether oxygens (including phenoxy) is 1. The molecule has 0 heterocycles. The van der Waals surface area contributed by atoms with Crippen molar-refractivity contribution >= 4 is 11.9 Å².